The molecule has 0 aromatic heterocycles. The van der Waals surface area contributed by atoms with Gasteiger partial charge in [0.25, 0.3) is 10.2 Å². The van der Waals surface area contributed by atoms with E-state index in [4.69, 9.17) is 0 Å². The highest BCUT2D eigenvalue weighted by molar-refractivity contribution is 7.87. The molecule has 1 aliphatic heterocycles. The summed E-state index contributed by atoms with van der Waals surface area (Å²) in [6.07, 6.45) is 1.73. The first-order valence-corrected chi connectivity index (χ1v) is 7.44. The molecule has 1 rings (SSSR count). The zero-order valence-electron chi connectivity index (χ0n) is 10.4. The van der Waals surface area contributed by atoms with Crippen molar-refractivity contribution in [1.29, 1.82) is 0 Å². The van der Waals surface area contributed by atoms with E-state index in [2.05, 4.69) is 17.0 Å². The van der Waals surface area contributed by atoms with Gasteiger partial charge in [-0.1, -0.05) is 13.8 Å². The largest absolute Gasteiger partial charge is 0.314 e. The van der Waals surface area contributed by atoms with Gasteiger partial charge in [0.15, 0.2) is 0 Å². The van der Waals surface area contributed by atoms with E-state index in [1.54, 1.807) is 0 Å². The Morgan fingerprint density at radius 1 is 1.38 bits per heavy atom. The predicted octanol–water partition coefficient (Wildman–Crippen LogP) is 0.303. The zero-order chi connectivity index (χ0) is 12.2. The van der Waals surface area contributed by atoms with Crippen molar-refractivity contribution in [2.75, 3.05) is 19.6 Å². The van der Waals surface area contributed by atoms with Gasteiger partial charge in [-0.05, 0) is 26.3 Å². The number of piperidine rings is 1. The van der Waals surface area contributed by atoms with Crippen LogP contribution in [0.1, 0.15) is 33.6 Å². The maximum absolute atomic E-state index is 12.0. The highest BCUT2D eigenvalue weighted by Gasteiger charge is 2.26. The summed E-state index contributed by atoms with van der Waals surface area (Å²) in [5.74, 6) is 0. The van der Waals surface area contributed by atoms with Gasteiger partial charge in [-0.15, -0.1) is 0 Å². The molecular formula is C10H23N3O2S. The maximum atomic E-state index is 12.0. The van der Waals surface area contributed by atoms with Crippen LogP contribution in [0.5, 0.6) is 0 Å². The van der Waals surface area contributed by atoms with Gasteiger partial charge in [0.05, 0.1) is 0 Å². The van der Waals surface area contributed by atoms with Crippen molar-refractivity contribution < 1.29 is 8.42 Å². The Balaban J connectivity index is 2.57. The van der Waals surface area contributed by atoms with E-state index in [-0.39, 0.29) is 6.04 Å². The number of nitrogens with one attached hydrogen (secondary N) is 2. The monoisotopic (exact) mass is 249 g/mol. The maximum Gasteiger partial charge on any atom is 0.279 e. The van der Waals surface area contributed by atoms with Crippen molar-refractivity contribution in [3.63, 3.8) is 0 Å². The van der Waals surface area contributed by atoms with Gasteiger partial charge in [0.2, 0.25) is 0 Å². The minimum absolute atomic E-state index is 0.0712. The zero-order valence-corrected chi connectivity index (χ0v) is 11.2. The summed E-state index contributed by atoms with van der Waals surface area (Å²) < 4.78 is 28.2. The molecule has 5 nitrogen and oxygen atoms in total. The Morgan fingerprint density at radius 2 is 2.00 bits per heavy atom. The third-order valence-electron chi connectivity index (χ3n) is 2.98. The molecule has 0 aromatic carbocycles. The van der Waals surface area contributed by atoms with E-state index in [0.717, 1.165) is 19.4 Å². The first kappa shape index (κ1) is 13.9. The number of rotatable bonds is 5. The van der Waals surface area contributed by atoms with Crippen LogP contribution in [0.15, 0.2) is 0 Å². The van der Waals surface area contributed by atoms with E-state index in [1.165, 1.54) is 4.31 Å². The van der Waals surface area contributed by atoms with Gasteiger partial charge in [-0.25, -0.2) is 0 Å². The molecule has 0 aliphatic carbocycles. The van der Waals surface area contributed by atoms with Gasteiger partial charge >= 0.3 is 0 Å². The van der Waals surface area contributed by atoms with Crippen LogP contribution in [0, 0.1) is 0 Å². The van der Waals surface area contributed by atoms with Crippen LogP contribution in [0.3, 0.4) is 0 Å². The topological polar surface area (TPSA) is 61.4 Å². The molecule has 1 aliphatic rings. The molecule has 0 saturated carbocycles. The molecule has 2 N–H and O–H groups in total. The van der Waals surface area contributed by atoms with Crippen LogP contribution < -0.4 is 10.0 Å². The Labute approximate surface area is 98.8 Å². The van der Waals surface area contributed by atoms with E-state index in [0.29, 0.717) is 19.1 Å². The van der Waals surface area contributed by atoms with Gasteiger partial charge in [-0.3, -0.25) is 0 Å². The van der Waals surface area contributed by atoms with Crippen molar-refractivity contribution in [3.8, 4) is 0 Å². The second kappa shape index (κ2) is 5.95. The Bertz CT molecular complexity index is 301. The van der Waals surface area contributed by atoms with Gasteiger partial charge in [0.1, 0.15) is 0 Å². The van der Waals surface area contributed by atoms with Crippen LogP contribution in [0.2, 0.25) is 0 Å². The number of nitrogens with zero attached hydrogens (tertiary/aromatic N) is 1. The summed E-state index contributed by atoms with van der Waals surface area (Å²) in [6.45, 7) is 7.71. The lowest BCUT2D eigenvalue weighted by molar-refractivity contribution is 0.349. The lowest BCUT2D eigenvalue weighted by Crippen LogP contribution is -2.50. The van der Waals surface area contributed by atoms with E-state index >= 15 is 0 Å². The predicted molar refractivity (Wildman–Crippen MR) is 65.5 cm³/mol. The van der Waals surface area contributed by atoms with Crippen molar-refractivity contribution in [2.45, 2.75) is 45.7 Å². The lowest BCUT2D eigenvalue weighted by Gasteiger charge is -2.30. The first-order valence-electron chi connectivity index (χ1n) is 6.00. The molecule has 2 unspecified atom stereocenters. The van der Waals surface area contributed by atoms with E-state index < -0.39 is 10.2 Å². The minimum Gasteiger partial charge on any atom is -0.314 e. The van der Waals surface area contributed by atoms with E-state index in [9.17, 15) is 8.42 Å². The summed E-state index contributed by atoms with van der Waals surface area (Å²) >= 11 is 0. The standard InChI is InChI=1S/C10H23N3O2S/c1-4-13(5-2)16(14,15)12-10-6-7-11-9(3)8-10/h9-12H,4-8H2,1-3H3. The summed E-state index contributed by atoms with van der Waals surface area (Å²) in [5.41, 5.74) is 0. The molecular weight excluding hydrogens is 226 g/mol. The molecule has 1 fully saturated rings. The Kier molecular flexibility index (Phi) is 5.17. The summed E-state index contributed by atoms with van der Waals surface area (Å²) in [6, 6.07) is 0.458. The molecule has 16 heavy (non-hydrogen) atoms. The van der Waals surface area contributed by atoms with Crippen LogP contribution in [-0.2, 0) is 10.2 Å². The average Bonchev–Trinajstić information content (AvgIpc) is 2.18. The molecule has 0 amide bonds. The van der Waals surface area contributed by atoms with Crippen LogP contribution >= 0.6 is 0 Å². The SMILES string of the molecule is CCN(CC)S(=O)(=O)NC1CCNC(C)C1. The van der Waals surface area contributed by atoms with Crippen LogP contribution in [0.4, 0.5) is 0 Å². The first-order chi connectivity index (χ1) is 7.49. The summed E-state index contributed by atoms with van der Waals surface area (Å²) in [4.78, 5) is 0. The average molecular weight is 249 g/mol. The van der Waals surface area contributed by atoms with Gasteiger partial charge in [-0.2, -0.15) is 17.4 Å². The fraction of sp³-hybridized carbons (Fsp3) is 1.00. The van der Waals surface area contributed by atoms with Crippen LogP contribution in [-0.4, -0.2) is 44.4 Å². The van der Waals surface area contributed by atoms with Crippen LogP contribution in [0.25, 0.3) is 0 Å². The third-order valence-corrected chi connectivity index (χ3v) is 4.81. The molecule has 96 valence electrons. The van der Waals surface area contributed by atoms with Crippen molar-refractivity contribution in [2.24, 2.45) is 0 Å². The minimum atomic E-state index is -3.29. The molecule has 0 aromatic rings. The second-order valence-electron chi connectivity index (χ2n) is 4.28. The molecule has 1 saturated heterocycles. The quantitative estimate of drug-likeness (QED) is 0.737. The summed E-state index contributed by atoms with van der Waals surface area (Å²) in [5, 5.41) is 3.31. The highest BCUT2D eigenvalue weighted by atomic mass is 32.2. The molecule has 0 bridgehead atoms. The fourth-order valence-electron chi connectivity index (χ4n) is 2.09. The number of hydrogen-bond donors (Lipinski definition) is 2. The Hall–Kier alpha value is -0.170. The third kappa shape index (κ3) is 3.69. The molecule has 0 radical (unpaired) electrons. The fourth-order valence-corrected chi connectivity index (χ4v) is 3.55. The summed E-state index contributed by atoms with van der Waals surface area (Å²) in [7, 11) is -3.29. The van der Waals surface area contributed by atoms with Crippen molar-refractivity contribution >= 4 is 10.2 Å². The molecule has 2 atom stereocenters. The molecule has 1 heterocycles. The van der Waals surface area contributed by atoms with Gasteiger partial charge in [0, 0.05) is 25.2 Å². The number of hydrogen-bond acceptors (Lipinski definition) is 3. The second-order valence-corrected chi connectivity index (χ2v) is 5.99. The Morgan fingerprint density at radius 3 is 2.50 bits per heavy atom. The van der Waals surface area contributed by atoms with Crippen molar-refractivity contribution in [1.82, 2.24) is 14.3 Å². The van der Waals surface area contributed by atoms with Crippen molar-refractivity contribution in [3.05, 3.63) is 0 Å². The normalized spacial score (nSPS) is 27.2. The molecule has 6 heteroatoms. The lowest BCUT2D eigenvalue weighted by atomic mass is 10.0. The smallest absolute Gasteiger partial charge is 0.279 e. The molecule has 0 spiro atoms. The van der Waals surface area contributed by atoms with E-state index in [1.807, 2.05) is 13.8 Å². The highest BCUT2D eigenvalue weighted by Crippen LogP contribution is 2.10. The van der Waals surface area contributed by atoms with Gasteiger partial charge < -0.3 is 5.32 Å².